The lowest BCUT2D eigenvalue weighted by Crippen LogP contribution is -2.38. The lowest BCUT2D eigenvalue weighted by molar-refractivity contribution is -0.130. The van der Waals surface area contributed by atoms with Crippen molar-refractivity contribution in [1.29, 1.82) is 0 Å². The number of hydrogen-bond donors (Lipinski definition) is 1. The standard InChI is InChI=1S/C10H19NO3/c1-8(13-2)10(12)11-7-9-3-5-14-6-4-9/h8-9H,3-7H2,1-2H3,(H,11,12). The molecule has 1 fully saturated rings. The second-order valence-electron chi connectivity index (χ2n) is 3.68. The van der Waals surface area contributed by atoms with Crippen LogP contribution in [0, 0.1) is 5.92 Å². The van der Waals surface area contributed by atoms with E-state index in [0.717, 1.165) is 32.6 Å². The summed E-state index contributed by atoms with van der Waals surface area (Å²) in [5.41, 5.74) is 0. The lowest BCUT2D eigenvalue weighted by Gasteiger charge is -2.22. The Balaban J connectivity index is 2.15. The second kappa shape index (κ2) is 5.98. The lowest BCUT2D eigenvalue weighted by atomic mass is 10.0. The minimum absolute atomic E-state index is 0.0287. The molecule has 1 rings (SSSR count). The van der Waals surface area contributed by atoms with Gasteiger partial charge in [0, 0.05) is 26.9 Å². The van der Waals surface area contributed by atoms with Crippen molar-refractivity contribution < 1.29 is 14.3 Å². The molecule has 1 aliphatic heterocycles. The van der Waals surface area contributed by atoms with Crippen LogP contribution in [0.15, 0.2) is 0 Å². The number of nitrogens with one attached hydrogen (secondary N) is 1. The van der Waals surface area contributed by atoms with Gasteiger partial charge in [0.25, 0.3) is 0 Å². The molecule has 0 spiro atoms. The van der Waals surface area contributed by atoms with Crippen LogP contribution in [0.5, 0.6) is 0 Å². The molecule has 4 heteroatoms. The highest BCUT2D eigenvalue weighted by Crippen LogP contribution is 2.13. The molecule has 0 aliphatic carbocycles. The van der Waals surface area contributed by atoms with Gasteiger partial charge in [0.05, 0.1) is 0 Å². The molecule has 1 N–H and O–H groups in total. The van der Waals surface area contributed by atoms with E-state index in [2.05, 4.69) is 5.32 Å². The van der Waals surface area contributed by atoms with Crippen LogP contribution in [0.1, 0.15) is 19.8 Å². The monoisotopic (exact) mass is 201 g/mol. The van der Waals surface area contributed by atoms with E-state index in [4.69, 9.17) is 9.47 Å². The first-order valence-electron chi connectivity index (χ1n) is 5.12. The fourth-order valence-corrected chi connectivity index (χ4v) is 1.45. The van der Waals surface area contributed by atoms with Gasteiger partial charge < -0.3 is 14.8 Å². The first kappa shape index (κ1) is 11.5. The van der Waals surface area contributed by atoms with E-state index >= 15 is 0 Å². The van der Waals surface area contributed by atoms with Crippen molar-refractivity contribution in [3.8, 4) is 0 Å². The Morgan fingerprint density at radius 3 is 2.79 bits per heavy atom. The van der Waals surface area contributed by atoms with Crippen molar-refractivity contribution >= 4 is 5.91 Å². The Bertz CT molecular complexity index is 178. The zero-order valence-corrected chi connectivity index (χ0v) is 8.91. The first-order chi connectivity index (χ1) is 6.74. The molecular formula is C10H19NO3. The predicted octanol–water partition coefficient (Wildman–Crippen LogP) is 0.564. The summed E-state index contributed by atoms with van der Waals surface area (Å²) in [6.07, 6.45) is 1.73. The van der Waals surface area contributed by atoms with E-state index in [-0.39, 0.29) is 12.0 Å². The molecule has 1 unspecified atom stereocenters. The number of hydrogen-bond acceptors (Lipinski definition) is 3. The highest BCUT2D eigenvalue weighted by Gasteiger charge is 2.16. The molecule has 0 bridgehead atoms. The molecule has 0 saturated carbocycles. The number of ether oxygens (including phenoxy) is 2. The average molecular weight is 201 g/mol. The summed E-state index contributed by atoms with van der Waals surface area (Å²) in [5.74, 6) is 0.538. The predicted molar refractivity (Wildman–Crippen MR) is 53.0 cm³/mol. The van der Waals surface area contributed by atoms with Crippen molar-refractivity contribution in [3.05, 3.63) is 0 Å². The number of methoxy groups -OCH3 is 1. The molecule has 0 radical (unpaired) electrons. The fourth-order valence-electron chi connectivity index (χ4n) is 1.45. The molecule has 0 aromatic rings. The molecule has 1 saturated heterocycles. The van der Waals surface area contributed by atoms with Crippen LogP contribution >= 0.6 is 0 Å². The normalized spacial score (nSPS) is 20.4. The third-order valence-electron chi connectivity index (χ3n) is 2.63. The molecular weight excluding hydrogens is 182 g/mol. The van der Waals surface area contributed by atoms with Crippen molar-refractivity contribution in [2.45, 2.75) is 25.9 Å². The summed E-state index contributed by atoms with van der Waals surface area (Å²) >= 11 is 0. The van der Waals surface area contributed by atoms with Crippen molar-refractivity contribution in [1.82, 2.24) is 5.32 Å². The van der Waals surface area contributed by atoms with Crippen LogP contribution in [0.25, 0.3) is 0 Å². The summed E-state index contributed by atoms with van der Waals surface area (Å²) in [7, 11) is 1.54. The van der Waals surface area contributed by atoms with E-state index in [9.17, 15) is 4.79 Å². The largest absolute Gasteiger partial charge is 0.381 e. The summed E-state index contributed by atoms with van der Waals surface area (Å²) in [6, 6.07) is 0. The van der Waals surface area contributed by atoms with Crippen LogP contribution in [-0.4, -0.2) is 38.9 Å². The van der Waals surface area contributed by atoms with E-state index < -0.39 is 0 Å². The molecule has 14 heavy (non-hydrogen) atoms. The summed E-state index contributed by atoms with van der Waals surface area (Å²) in [4.78, 5) is 11.3. The zero-order valence-electron chi connectivity index (χ0n) is 8.91. The Morgan fingerprint density at radius 1 is 1.57 bits per heavy atom. The zero-order chi connectivity index (χ0) is 10.4. The van der Waals surface area contributed by atoms with Gasteiger partial charge in [-0.25, -0.2) is 0 Å². The van der Waals surface area contributed by atoms with Crippen molar-refractivity contribution in [2.24, 2.45) is 5.92 Å². The van der Waals surface area contributed by atoms with Crippen LogP contribution in [0.4, 0.5) is 0 Å². The Kier molecular flexibility index (Phi) is 4.90. The molecule has 82 valence electrons. The quantitative estimate of drug-likeness (QED) is 0.723. The molecule has 1 heterocycles. The van der Waals surface area contributed by atoms with Gasteiger partial charge in [-0.3, -0.25) is 4.79 Å². The Hall–Kier alpha value is -0.610. The minimum Gasteiger partial charge on any atom is -0.381 e. The maximum absolute atomic E-state index is 11.3. The first-order valence-corrected chi connectivity index (χ1v) is 5.12. The van der Waals surface area contributed by atoms with E-state index in [1.807, 2.05) is 0 Å². The van der Waals surface area contributed by atoms with Crippen LogP contribution < -0.4 is 5.32 Å². The van der Waals surface area contributed by atoms with Crippen LogP contribution in [0.3, 0.4) is 0 Å². The molecule has 0 aromatic carbocycles. The molecule has 0 aromatic heterocycles. The smallest absolute Gasteiger partial charge is 0.248 e. The Labute approximate surface area is 85.0 Å². The molecule has 1 atom stereocenters. The van der Waals surface area contributed by atoms with Crippen molar-refractivity contribution in [2.75, 3.05) is 26.9 Å². The highest BCUT2D eigenvalue weighted by atomic mass is 16.5. The Morgan fingerprint density at radius 2 is 2.21 bits per heavy atom. The van der Waals surface area contributed by atoms with Gasteiger partial charge in [0.1, 0.15) is 6.10 Å². The summed E-state index contributed by atoms with van der Waals surface area (Å²) in [5, 5.41) is 2.88. The molecule has 1 amide bonds. The van der Waals surface area contributed by atoms with Gasteiger partial charge >= 0.3 is 0 Å². The minimum atomic E-state index is -0.352. The van der Waals surface area contributed by atoms with E-state index in [1.165, 1.54) is 0 Å². The topological polar surface area (TPSA) is 47.6 Å². The van der Waals surface area contributed by atoms with Gasteiger partial charge in [0.15, 0.2) is 0 Å². The van der Waals surface area contributed by atoms with Crippen LogP contribution in [0.2, 0.25) is 0 Å². The average Bonchev–Trinajstić information content (AvgIpc) is 2.26. The maximum Gasteiger partial charge on any atom is 0.248 e. The van der Waals surface area contributed by atoms with Gasteiger partial charge in [-0.05, 0) is 25.7 Å². The third-order valence-corrected chi connectivity index (χ3v) is 2.63. The maximum atomic E-state index is 11.3. The third kappa shape index (κ3) is 3.64. The van der Waals surface area contributed by atoms with E-state index in [1.54, 1.807) is 14.0 Å². The fraction of sp³-hybridized carbons (Fsp3) is 0.900. The molecule has 4 nitrogen and oxygen atoms in total. The number of carbonyl (C=O) groups is 1. The van der Waals surface area contributed by atoms with Crippen molar-refractivity contribution in [3.63, 3.8) is 0 Å². The summed E-state index contributed by atoms with van der Waals surface area (Å²) < 4.78 is 10.2. The van der Waals surface area contributed by atoms with Gasteiger partial charge in [-0.15, -0.1) is 0 Å². The molecule has 1 aliphatic rings. The summed E-state index contributed by atoms with van der Waals surface area (Å²) in [6.45, 7) is 4.13. The number of carbonyl (C=O) groups excluding carboxylic acids is 1. The van der Waals surface area contributed by atoms with Gasteiger partial charge in [-0.2, -0.15) is 0 Å². The van der Waals surface area contributed by atoms with Gasteiger partial charge in [-0.1, -0.05) is 0 Å². The van der Waals surface area contributed by atoms with Crippen LogP contribution in [-0.2, 0) is 14.3 Å². The second-order valence-corrected chi connectivity index (χ2v) is 3.68. The number of amides is 1. The highest BCUT2D eigenvalue weighted by molar-refractivity contribution is 5.80. The van der Waals surface area contributed by atoms with Gasteiger partial charge in [0.2, 0.25) is 5.91 Å². The van der Waals surface area contributed by atoms with E-state index in [0.29, 0.717) is 5.92 Å². The SMILES string of the molecule is COC(C)C(=O)NCC1CCOCC1. The number of rotatable bonds is 4.